The first-order valence-electron chi connectivity index (χ1n) is 13.5. The van der Waals surface area contributed by atoms with Gasteiger partial charge < -0.3 is 5.32 Å². The fourth-order valence-electron chi connectivity index (χ4n) is 5.68. The normalized spacial score (nSPS) is 19.0. The Morgan fingerprint density at radius 1 is 1.02 bits per heavy atom. The maximum absolute atomic E-state index is 13.7. The third kappa shape index (κ3) is 5.21. The van der Waals surface area contributed by atoms with Crippen LogP contribution in [-0.2, 0) is 11.3 Å². The molecule has 2 amide bonds. The van der Waals surface area contributed by atoms with E-state index in [0.717, 1.165) is 30.1 Å². The minimum Gasteiger partial charge on any atom is -0.349 e. The van der Waals surface area contributed by atoms with Crippen molar-refractivity contribution >= 4 is 40.3 Å². The highest BCUT2D eigenvalue weighted by atomic mass is 35.5. The number of fused-ring (bicyclic) bond motifs is 1. The van der Waals surface area contributed by atoms with Crippen molar-refractivity contribution in [3.63, 3.8) is 0 Å². The molecular formula is C29H27ClF2N6O3. The zero-order valence-corrected chi connectivity index (χ0v) is 22.7. The Kier molecular flexibility index (Phi) is 7.29. The van der Waals surface area contributed by atoms with Gasteiger partial charge in [-0.15, -0.1) is 0 Å². The van der Waals surface area contributed by atoms with Crippen LogP contribution in [0.2, 0.25) is 5.02 Å². The van der Waals surface area contributed by atoms with Crippen molar-refractivity contribution in [2.24, 2.45) is 5.92 Å². The summed E-state index contributed by atoms with van der Waals surface area (Å²) in [5, 5.41) is 2.97. The Hall–Kier alpha value is -4.12. The number of carbonyl (C=O) groups is 2. The smallest absolute Gasteiger partial charge is 0.333 e. The topological polar surface area (TPSA) is 102 Å². The van der Waals surface area contributed by atoms with E-state index in [1.807, 2.05) is 24.3 Å². The molecule has 4 aromatic rings. The number of carbonyl (C=O) groups excluding carboxylic acids is 2. The Balaban J connectivity index is 1.16. The maximum atomic E-state index is 13.7. The molecule has 1 saturated heterocycles. The summed E-state index contributed by atoms with van der Waals surface area (Å²) in [5.41, 5.74) is 1.21. The van der Waals surface area contributed by atoms with Crippen LogP contribution in [0.15, 0.2) is 59.7 Å². The summed E-state index contributed by atoms with van der Waals surface area (Å²) in [7, 11) is 0. The number of hydrogen-bond acceptors (Lipinski definition) is 5. The van der Waals surface area contributed by atoms with Crippen LogP contribution in [0.3, 0.4) is 0 Å². The molecule has 4 heterocycles. The van der Waals surface area contributed by atoms with Gasteiger partial charge in [-0.2, -0.15) is 0 Å². The third-order valence-corrected chi connectivity index (χ3v) is 8.12. The van der Waals surface area contributed by atoms with Crippen LogP contribution >= 0.6 is 11.6 Å². The summed E-state index contributed by atoms with van der Waals surface area (Å²) in [5.74, 6) is 0.189. The van der Waals surface area contributed by atoms with Crippen molar-refractivity contribution in [3.05, 3.63) is 81.6 Å². The average Bonchev–Trinajstić information content (AvgIpc) is 3.24. The summed E-state index contributed by atoms with van der Waals surface area (Å²) in [6.45, 7) is 1.15. The molecule has 0 spiro atoms. The first-order chi connectivity index (χ1) is 19.8. The molecule has 0 atom stereocenters. The quantitative estimate of drug-likeness (QED) is 0.313. The second-order valence-electron chi connectivity index (χ2n) is 10.5. The number of amides is 2. The monoisotopic (exact) mass is 580 g/mol. The molecule has 12 heteroatoms. The van der Waals surface area contributed by atoms with E-state index in [2.05, 4.69) is 15.3 Å². The van der Waals surface area contributed by atoms with Crippen molar-refractivity contribution in [1.29, 1.82) is 0 Å². The third-order valence-electron chi connectivity index (χ3n) is 7.91. The number of halogens is 3. The van der Waals surface area contributed by atoms with E-state index in [1.165, 1.54) is 6.07 Å². The van der Waals surface area contributed by atoms with E-state index in [0.29, 0.717) is 43.9 Å². The van der Waals surface area contributed by atoms with E-state index in [9.17, 15) is 23.2 Å². The van der Waals surface area contributed by atoms with Crippen LogP contribution in [0.5, 0.6) is 0 Å². The largest absolute Gasteiger partial charge is 0.349 e. The second kappa shape index (κ2) is 11.0. The van der Waals surface area contributed by atoms with E-state index < -0.39 is 18.0 Å². The minimum atomic E-state index is -2.89. The molecule has 0 unspecified atom stereocenters. The number of alkyl halides is 2. The van der Waals surface area contributed by atoms with Gasteiger partial charge >= 0.3 is 5.69 Å². The Bertz CT molecular complexity index is 1680. The highest BCUT2D eigenvalue weighted by Crippen LogP contribution is 2.29. The number of β-lactam (4-membered cyclic amide) rings is 1. The Labute approximate surface area is 238 Å². The SMILES string of the molecule is O=C(NC1CCC(Cn2c(=O)n(-c3ccc(N4CCC4=O)nc3)c3ccccc32)CC1)c1cc(Cl)cnc1C(F)F. The van der Waals surface area contributed by atoms with Crippen LogP contribution in [0, 0.1) is 5.92 Å². The van der Waals surface area contributed by atoms with Gasteiger partial charge in [0.1, 0.15) is 11.5 Å². The van der Waals surface area contributed by atoms with Gasteiger partial charge in [-0.1, -0.05) is 23.7 Å². The molecule has 0 bridgehead atoms. The van der Waals surface area contributed by atoms with Crippen LogP contribution < -0.4 is 15.9 Å². The molecular weight excluding hydrogens is 554 g/mol. The lowest BCUT2D eigenvalue weighted by Crippen LogP contribution is -2.43. The minimum absolute atomic E-state index is 0.0349. The van der Waals surface area contributed by atoms with Gasteiger partial charge in [-0.05, 0) is 61.9 Å². The lowest BCUT2D eigenvalue weighted by Gasteiger charge is -2.29. The number of nitrogens with one attached hydrogen (secondary N) is 1. The van der Waals surface area contributed by atoms with Crippen molar-refractivity contribution in [2.45, 2.75) is 51.1 Å². The number of anilines is 1. The molecule has 1 aromatic carbocycles. The van der Waals surface area contributed by atoms with Crippen molar-refractivity contribution in [2.75, 3.05) is 11.4 Å². The molecule has 2 aliphatic rings. The predicted molar refractivity (Wildman–Crippen MR) is 150 cm³/mol. The number of imidazole rings is 1. The summed E-state index contributed by atoms with van der Waals surface area (Å²) in [6, 6.07) is 12.2. The fourth-order valence-corrected chi connectivity index (χ4v) is 5.84. The molecule has 41 heavy (non-hydrogen) atoms. The van der Waals surface area contributed by atoms with E-state index in [4.69, 9.17) is 11.6 Å². The van der Waals surface area contributed by atoms with Gasteiger partial charge in [0.2, 0.25) is 5.91 Å². The van der Waals surface area contributed by atoms with Crippen molar-refractivity contribution < 1.29 is 18.4 Å². The zero-order chi connectivity index (χ0) is 28.7. The van der Waals surface area contributed by atoms with Crippen LogP contribution in [0.4, 0.5) is 14.6 Å². The Morgan fingerprint density at radius 2 is 1.78 bits per heavy atom. The summed E-state index contributed by atoms with van der Waals surface area (Å²) >= 11 is 5.90. The van der Waals surface area contributed by atoms with Crippen molar-refractivity contribution in [3.8, 4) is 5.69 Å². The number of aromatic nitrogens is 4. The van der Waals surface area contributed by atoms with Gasteiger partial charge in [0.25, 0.3) is 12.3 Å². The van der Waals surface area contributed by atoms with Gasteiger partial charge in [-0.25, -0.2) is 18.6 Å². The molecule has 2 fully saturated rings. The summed E-state index contributed by atoms with van der Waals surface area (Å²) in [6.07, 6.45) is 3.17. The number of para-hydroxylation sites is 2. The lowest BCUT2D eigenvalue weighted by atomic mass is 9.85. The maximum Gasteiger partial charge on any atom is 0.333 e. The highest BCUT2D eigenvalue weighted by Gasteiger charge is 2.28. The van der Waals surface area contributed by atoms with Crippen molar-refractivity contribution in [1.82, 2.24) is 24.4 Å². The molecule has 3 aromatic heterocycles. The lowest BCUT2D eigenvalue weighted by molar-refractivity contribution is -0.122. The van der Waals surface area contributed by atoms with E-state index >= 15 is 0 Å². The highest BCUT2D eigenvalue weighted by molar-refractivity contribution is 6.30. The summed E-state index contributed by atoms with van der Waals surface area (Å²) < 4.78 is 30.1. The molecule has 1 aliphatic carbocycles. The number of nitrogens with zero attached hydrogens (tertiary/aromatic N) is 5. The molecule has 212 valence electrons. The van der Waals surface area contributed by atoms with E-state index in [1.54, 1.807) is 32.4 Å². The van der Waals surface area contributed by atoms with Crippen LogP contribution in [-0.4, -0.2) is 43.5 Å². The number of hydrogen-bond donors (Lipinski definition) is 1. The van der Waals surface area contributed by atoms with Crippen LogP contribution in [0.1, 0.15) is 54.6 Å². The average molecular weight is 581 g/mol. The molecule has 1 N–H and O–H groups in total. The molecule has 1 saturated carbocycles. The van der Waals surface area contributed by atoms with Gasteiger partial charge in [-0.3, -0.25) is 28.6 Å². The molecule has 0 radical (unpaired) electrons. The van der Waals surface area contributed by atoms with E-state index in [-0.39, 0.29) is 34.1 Å². The van der Waals surface area contributed by atoms with Gasteiger partial charge in [0.05, 0.1) is 33.5 Å². The zero-order valence-electron chi connectivity index (χ0n) is 22.0. The number of pyridine rings is 2. The Morgan fingerprint density at radius 3 is 2.41 bits per heavy atom. The molecule has 1 aliphatic heterocycles. The van der Waals surface area contributed by atoms with Gasteiger partial charge in [0.15, 0.2) is 0 Å². The predicted octanol–water partition coefficient (Wildman–Crippen LogP) is 4.90. The first-order valence-corrected chi connectivity index (χ1v) is 13.9. The number of rotatable bonds is 7. The standard InChI is InChI=1S/C29H27ClF2N6O3/c30-18-13-21(26(27(31)32)34-14-18)28(40)35-19-7-5-17(6-8-19)16-37-22-3-1-2-4-23(22)38(29(37)41)20-9-10-24(33-15-20)36-12-11-25(36)39/h1-4,9-10,13-15,17,19,27H,5-8,11-12,16H2,(H,35,40). The summed E-state index contributed by atoms with van der Waals surface area (Å²) in [4.78, 5) is 47.9. The first kappa shape index (κ1) is 27.1. The number of benzene rings is 1. The fraction of sp³-hybridized carbons (Fsp3) is 0.345. The second-order valence-corrected chi connectivity index (χ2v) is 10.9. The van der Waals surface area contributed by atoms with Crippen LogP contribution in [0.25, 0.3) is 16.7 Å². The molecule has 9 nitrogen and oxygen atoms in total. The molecule has 6 rings (SSSR count). The van der Waals surface area contributed by atoms with Gasteiger partial charge in [0, 0.05) is 31.7 Å².